The van der Waals surface area contributed by atoms with E-state index in [0.29, 0.717) is 17.8 Å². The second-order valence-electron chi connectivity index (χ2n) is 7.75. The summed E-state index contributed by atoms with van der Waals surface area (Å²) in [6.07, 6.45) is -3.72. The van der Waals surface area contributed by atoms with Gasteiger partial charge in [-0.2, -0.15) is 18.3 Å². The fraction of sp³-hybridized carbons (Fsp3) is 0.350. The van der Waals surface area contributed by atoms with Gasteiger partial charge < -0.3 is 15.4 Å². The molecule has 1 aliphatic heterocycles. The van der Waals surface area contributed by atoms with Gasteiger partial charge in [-0.25, -0.2) is 9.50 Å². The Labute approximate surface area is 170 Å². The Morgan fingerprint density at radius 2 is 2.00 bits per heavy atom. The van der Waals surface area contributed by atoms with Crippen LogP contribution in [-0.4, -0.2) is 38.8 Å². The van der Waals surface area contributed by atoms with Crippen LogP contribution in [-0.2, 0) is 15.7 Å². The fourth-order valence-corrected chi connectivity index (χ4v) is 3.80. The summed E-state index contributed by atoms with van der Waals surface area (Å²) in [5.41, 5.74) is 4.71. The second kappa shape index (κ2) is 6.69. The third kappa shape index (κ3) is 3.26. The number of alkyl halides is 3. The van der Waals surface area contributed by atoms with E-state index in [2.05, 4.69) is 10.1 Å². The molecule has 1 aliphatic rings. The minimum Gasteiger partial charge on any atom is -0.382 e. The number of rotatable bonds is 2. The van der Waals surface area contributed by atoms with Gasteiger partial charge in [0.05, 0.1) is 23.9 Å². The van der Waals surface area contributed by atoms with Gasteiger partial charge in [-0.1, -0.05) is 12.1 Å². The third-order valence-electron chi connectivity index (χ3n) is 5.04. The highest BCUT2D eigenvalue weighted by atomic mass is 19.4. The van der Waals surface area contributed by atoms with Crippen molar-refractivity contribution in [2.45, 2.75) is 38.7 Å². The van der Waals surface area contributed by atoms with Crippen molar-refractivity contribution in [1.82, 2.24) is 14.6 Å². The number of halogens is 3. The van der Waals surface area contributed by atoms with Crippen LogP contribution in [0, 0.1) is 0 Å². The normalized spacial score (nSPS) is 19.5. The number of carbonyl (C=O) groups is 1. The molecular weight excluding hydrogens is 399 g/mol. The molecule has 1 fully saturated rings. The summed E-state index contributed by atoms with van der Waals surface area (Å²) in [6.45, 7) is 5.58. The monoisotopic (exact) mass is 419 g/mol. The molecule has 1 saturated heterocycles. The van der Waals surface area contributed by atoms with E-state index in [9.17, 15) is 18.0 Å². The molecule has 2 aromatic heterocycles. The fourth-order valence-electron chi connectivity index (χ4n) is 3.80. The highest BCUT2D eigenvalue weighted by molar-refractivity contribution is 6.00. The summed E-state index contributed by atoms with van der Waals surface area (Å²) >= 11 is 0. The number of nitrogens with two attached hydrogens (primary N) is 1. The van der Waals surface area contributed by atoms with Crippen molar-refractivity contribution in [3.63, 3.8) is 0 Å². The Morgan fingerprint density at radius 1 is 1.27 bits per heavy atom. The maximum absolute atomic E-state index is 13.6. The predicted octanol–water partition coefficient (Wildman–Crippen LogP) is 3.53. The summed E-state index contributed by atoms with van der Waals surface area (Å²) in [4.78, 5) is 18.1. The molecule has 10 heteroatoms. The maximum atomic E-state index is 13.6. The van der Waals surface area contributed by atoms with E-state index in [-0.39, 0.29) is 29.0 Å². The number of hydrogen-bond donors (Lipinski definition) is 1. The minimum absolute atomic E-state index is 0.195. The molecular formula is C20H20F3N5O2. The van der Waals surface area contributed by atoms with Crippen LogP contribution in [0.25, 0.3) is 16.8 Å². The number of amides is 1. The zero-order valence-corrected chi connectivity index (χ0v) is 16.6. The SMILES string of the molecule is C[C@H]1CN(c2cccc(-c3cc(C(F)(F)F)c4c(N)ncnn34)c2)C(=O)C(C)(C)O1. The molecule has 0 radical (unpaired) electrons. The molecule has 30 heavy (non-hydrogen) atoms. The van der Waals surface area contributed by atoms with Gasteiger partial charge in [0.25, 0.3) is 5.91 Å². The zero-order chi connectivity index (χ0) is 21.8. The van der Waals surface area contributed by atoms with Crippen LogP contribution in [0.4, 0.5) is 24.7 Å². The number of nitrogen functional groups attached to an aromatic ring is 1. The second-order valence-corrected chi connectivity index (χ2v) is 7.75. The standard InChI is InChI=1S/C20H20F3N5O2/c1-11-9-27(18(29)19(2,3)30-11)13-6-4-5-12(7-13)15-8-14(20(21,22)23)16-17(24)25-10-26-28(15)16/h4-8,10-11H,9H2,1-3H3,(H2,24,25,26)/t11-/m0/s1. The van der Waals surface area contributed by atoms with E-state index in [1.807, 2.05) is 6.92 Å². The number of aromatic nitrogens is 3. The summed E-state index contributed by atoms with van der Waals surface area (Å²) in [7, 11) is 0. The van der Waals surface area contributed by atoms with Gasteiger partial charge >= 0.3 is 6.18 Å². The number of anilines is 2. The van der Waals surface area contributed by atoms with Gasteiger partial charge in [0, 0.05) is 11.3 Å². The summed E-state index contributed by atoms with van der Waals surface area (Å²) in [5, 5.41) is 3.97. The van der Waals surface area contributed by atoms with E-state index in [1.165, 1.54) is 0 Å². The average molecular weight is 419 g/mol. The van der Waals surface area contributed by atoms with Crippen molar-refractivity contribution in [3.8, 4) is 11.3 Å². The average Bonchev–Trinajstić information content (AvgIpc) is 3.06. The first-order valence-electron chi connectivity index (χ1n) is 9.28. The van der Waals surface area contributed by atoms with Gasteiger partial charge in [-0.3, -0.25) is 4.79 Å². The van der Waals surface area contributed by atoms with Crippen LogP contribution >= 0.6 is 0 Å². The van der Waals surface area contributed by atoms with E-state index < -0.39 is 17.3 Å². The Morgan fingerprint density at radius 3 is 2.70 bits per heavy atom. The van der Waals surface area contributed by atoms with Gasteiger partial charge in [0.15, 0.2) is 5.82 Å². The molecule has 3 aromatic rings. The lowest BCUT2D eigenvalue weighted by Gasteiger charge is -2.40. The van der Waals surface area contributed by atoms with Gasteiger partial charge in [0.1, 0.15) is 17.4 Å². The van der Waals surface area contributed by atoms with E-state index in [0.717, 1.165) is 16.9 Å². The number of morpholine rings is 1. The molecule has 0 unspecified atom stereocenters. The first-order chi connectivity index (χ1) is 14.0. The van der Waals surface area contributed by atoms with Crippen molar-refractivity contribution >= 4 is 22.9 Å². The lowest BCUT2D eigenvalue weighted by Crippen LogP contribution is -2.56. The number of carbonyl (C=O) groups excluding carboxylic acids is 1. The molecule has 0 saturated carbocycles. The molecule has 4 rings (SSSR count). The Hall–Kier alpha value is -3.14. The molecule has 1 aromatic carbocycles. The largest absolute Gasteiger partial charge is 0.418 e. The molecule has 0 spiro atoms. The van der Waals surface area contributed by atoms with Crippen LogP contribution in [0.15, 0.2) is 36.7 Å². The van der Waals surface area contributed by atoms with Gasteiger partial charge in [-0.15, -0.1) is 0 Å². The van der Waals surface area contributed by atoms with Gasteiger partial charge in [0.2, 0.25) is 0 Å². The summed E-state index contributed by atoms with van der Waals surface area (Å²) in [6, 6.07) is 7.73. The van der Waals surface area contributed by atoms with E-state index in [1.54, 1.807) is 43.0 Å². The highest BCUT2D eigenvalue weighted by Crippen LogP contribution is 2.39. The van der Waals surface area contributed by atoms with Gasteiger partial charge in [-0.05, 0) is 39.0 Å². The first kappa shape index (κ1) is 20.1. The number of fused-ring (bicyclic) bond motifs is 1. The number of hydrogen-bond acceptors (Lipinski definition) is 5. The molecule has 7 nitrogen and oxygen atoms in total. The molecule has 2 N–H and O–H groups in total. The molecule has 3 heterocycles. The Bertz CT molecular complexity index is 1140. The molecule has 1 amide bonds. The number of nitrogens with zero attached hydrogens (tertiary/aromatic N) is 4. The summed E-state index contributed by atoms with van der Waals surface area (Å²) in [5.74, 6) is -0.487. The number of ether oxygens (including phenoxy) is 1. The first-order valence-corrected chi connectivity index (χ1v) is 9.28. The van der Waals surface area contributed by atoms with Crippen LogP contribution in [0.2, 0.25) is 0 Å². The maximum Gasteiger partial charge on any atom is 0.418 e. The van der Waals surface area contributed by atoms with Crippen molar-refractivity contribution in [2.75, 3.05) is 17.2 Å². The Balaban J connectivity index is 1.85. The van der Waals surface area contributed by atoms with E-state index >= 15 is 0 Å². The molecule has 0 aliphatic carbocycles. The third-order valence-corrected chi connectivity index (χ3v) is 5.04. The number of benzene rings is 1. The Kier molecular flexibility index (Phi) is 4.50. The minimum atomic E-state index is -4.63. The van der Waals surface area contributed by atoms with Crippen LogP contribution < -0.4 is 10.6 Å². The lowest BCUT2D eigenvalue weighted by molar-refractivity contribution is -0.153. The zero-order valence-electron chi connectivity index (χ0n) is 16.6. The highest BCUT2D eigenvalue weighted by Gasteiger charge is 2.41. The molecule has 0 bridgehead atoms. The summed E-state index contributed by atoms with van der Waals surface area (Å²) < 4.78 is 47.6. The van der Waals surface area contributed by atoms with Crippen molar-refractivity contribution in [2.24, 2.45) is 0 Å². The molecule has 1 atom stereocenters. The smallest absolute Gasteiger partial charge is 0.382 e. The van der Waals surface area contributed by atoms with Crippen molar-refractivity contribution < 1.29 is 22.7 Å². The lowest BCUT2D eigenvalue weighted by atomic mass is 10.0. The van der Waals surface area contributed by atoms with Crippen LogP contribution in [0.1, 0.15) is 26.3 Å². The van der Waals surface area contributed by atoms with Crippen LogP contribution in [0.3, 0.4) is 0 Å². The van der Waals surface area contributed by atoms with Crippen molar-refractivity contribution in [1.29, 1.82) is 0 Å². The molecule has 158 valence electrons. The van der Waals surface area contributed by atoms with Crippen LogP contribution in [0.5, 0.6) is 0 Å². The topological polar surface area (TPSA) is 85.8 Å². The quantitative estimate of drug-likeness (QED) is 0.687. The van der Waals surface area contributed by atoms with E-state index in [4.69, 9.17) is 10.5 Å². The van der Waals surface area contributed by atoms with Crippen molar-refractivity contribution in [3.05, 3.63) is 42.2 Å². The predicted molar refractivity (Wildman–Crippen MR) is 105 cm³/mol.